The highest BCUT2D eigenvalue weighted by Gasteiger charge is 2.08. The molecule has 3 N–H and O–H groups in total. The third-order valence-corrected chi connectivity index (χ3v) is 3.40. The molecule has 0 saturated heterocycles. The first kappa shape index (κ1) is 14.0. The van der Waals surface area contributed by atoms with Crippen LogP contribution in [0.15, 0.2) is 36.5 Å². The van der Waals surface area contributed by atoms with Gasteiger partial charge in [-0.05, 0) is 65.4 Å². The largest absolute Gasteiger partial charge is 0.325 e. The van der Waals surface area contributed by atoms with Gasteiger partial charge in [0.1, 0.15) is 0 Å². The monoisotopic (exact) mass is 367 g/mol. The van der Waals surface area contributed by atoms with E-state index in [-0.39, 0.29) is 5.91 Å². The van der Waals surface area contributed by atoms with Gasteiger partial charge in [0.15, 0.2) is 0 Å². The lowest BCUT2D eigenvalue weighted by Crippen LogP contribution is -2.14. The number of hydrogen-bond donors (Lipinski definition) is 2. The highest BCUT2D eigenvalue weighted by Crippen LogP contribution is 2.18. The van der Waals surface area contributed by atoms with Gasteiger partial charge >= 0.3 is 0 Å². The van der Waals surface area contributed by atoms with E-state index in [1.165, 1.54) is 0 Å². The number of nitrogens with zero attached hydrogens (tertiary/aromatic N) is 1. The molecular formula is C14H14IN3O. The number of benzene rings is 1. The molecule has 0 atom stereocenters. The quantitative estimate of drug-likeness (QED) is 0.820. The first-order chi connectivity index (χ1) is 9.10. The molecule has 0 radical (unpaired) electrons. The average Bonchev–Trinajstić information content (AvgIpc) is 2.42. The molecule has 0 unspecified atom stereocenters. The molecule has 1 aromatic carbocycles. The van der Waals surface area contributed by atoms with Crippen molar-refractivity contribution in [2.75, 3.05) is 5.32 Å². The second-order valence-electron chi connectivity index (χ2n) is 4.15. The van der Waals surface area contributed by atoms with Crippen molar-refractivity contribution < 1.29 is 4.79 Å². The van der Waals surface area contributed by atoms with Gasteiger partial charge in [0.2, 0.25) is 0 Å². The first-order valence-corrected chi connectivity index (χ1v) is 6.90. The highest BCUT2D eigenvalue weighted by molar-refractivity contribution is 14.1. The fraction of sp³-hybridized carbons (Fsp3) is 0.143. The maximum atomic E-state index is 12.1. The summed E-state index contributed by atoms with van der Waals surface area (Å²) in [5.41, 5.74) is 8.63. The standard InChI is InChI=1S/C14H14IN3O/c1-9-6-11(15)2-3-13(9)18-14(19)10-4-5-17-12(7-10)8-16/h2-7H,8,16H2,1H3,(H,18,19). The molecule has 1 amide bonds. The van der Waals surface area contributed by atoms with Crippen molar-refractivity contribution in [1.29, 1.82) is 0 Å². The van der Waals surface area contributed by atoms with E-state index < -0.39 is 0 Å². The van der Waals surface area contributed by atoms with Crippen LogP contribution in [0.3, 0.4) is 0 Å². The van der Waals surface area contributed by atoms with Crippen LogP contribution in [0.2, 0.25) is 0 Å². The summed E-state index contributed by atoms with van der Waals surface area (Å²) in [6.45, 7) is 2.29. The number of carbonyl (C=O) groups excluding carboxylic acids is 1. The first-order valence-electron chi connectivity index (χ1n) is 5.82. The number of pyridine rings is 1. The Labute approximate surface area is 125 Å². The zero-order valence-electron chi connectivity index (χ0n) is 10.5. The number of carbonyl (C=O) groups is 1. The maximum Gasteiger partial charge on any atom is 0.255 e. The summed E-state index contributed by atoms with van der Waals surface area (Å²) in [5.74, 6) is -0.151. The fourth-order valence-corrected chi connectivity index (χ4v) is 2.34. The zero-order valence-corrected chi connectivity index (χ0v) is 12.6. The van der Waals surface area contributed by atoms with Gasteiger partial charge < -0.3 is 11.1 Å². The maximum absolute atomic E-state index is 12.1. The van der Waals surface area contributed by atoms with E-state index >= 15 is 0 Å². The van der Waals surface area contributed by atoms with Crippen molar-refractivity contribution >= 4 is 34.2 Å². The van der Waals surface area contributed by atoms with Gasteiger partial charge in [0.05, 0.1) is 5.69 Å². The third kappa shape index (κ3) is 3.51. The Morgan fingerprint density at radius 3 is 2.84 bits per heavy atom. The number of halogens is 1. The zero-order chi connectivity index (χ0) is 13.8. The Morgan fingerprint density at radius 2 is 2.16 bits per heavy atom. The molecule has 0 saturated carbocycles. The van der Waals surface area contributed by atoms with E-state index in [2.05, 4.69) is 32.9 Å². The summed E-state index contributed by atoms with van der Waals surface area (Å²) >= 11 is 2.24. The van der Waals surface area contributed by atoms with Crippen LogP contribution in [0.4, 0.5) is 5.69 Å². The molecule has 0 bridgehead atoms. The molecule has 98 valence electrons. The van der Waals surface area contributed by atoms with Gasteiger partial charge in [-0.25, -0.2) is 0 Å². The van der Waals surface area contributed by atoms with Crippen molar-refractivity contribution in [3.8, 4) is 0 Å². The van der Waals surface area contributed by atoms with Gasteiger partial charge in [-0.3, -0.25) is 9.78 Å². The molecule has 2 rings (SSSR count). The van der Waals surface area contributed by atoms with Gasteiger partial charge in [0.25, 0.3) is 5.91 Å². The lowest BCUT2D eigenvalue weighted by atomic mass is 10.1. The van der Waals surface area contributed by atoms with E-state index in [9.17, 15) is 4.79 Å². The number of rotatable bonds is 3. The third-order valence-electron chi connectivity index (χ3n) is 2.72. The topological polar surface area (TPSA) is 68.0 Å². The molecule has 1 aromatic heterocycles. The lowest BCUT2D eigenvalue weighted by molar-refractivity contribution is 0.102. The summed E-state index contributed by atoms with van der Waals surface area (Å²) in [4.78, 5) is 16.2. The summed E-state index contributed by atoms with van der Waals surface area (Å²) in [6.07, 6.45) is 1.60. The molecule has 0 spiro atoms. The number of hydrogen-bond acceptors (Lipinski definition) is 3. The Morgan fingerprint density at radius 1 is 1.37 bits per heavy atom. The molecule has 19 heavy (non-hydrogen) atoms. The Bertz CT molecular complexity index is 613. The van der Waals surface area contributed by atoms with Crippen molar-refractivity contribution in [3.05, 3.63) is 56.9 Å². The number of nitrogens with two attached hydrogens (primary N) is 1. The minimum Gasteiger partial charge on any atom is -0.325 e. The van der Waals surface area contributed by atoms with Crippen LogP contribution >= 0.6 is 22.6 Å². The number of nitrogens with one attached hydrogen (secondary N) is 1. The minimum atomic E-state index is -0.151. The molecule has 4 nitrogen and oxygen atoms in total. The van der Waals surface area contributed by atoms with Crippen LogP contribution < -0.4 is 11.1 Å². The number of anilines is 1. The number of aryl methyl sites for hydroxylation is 1. The summed E-state index contributed by atoms with van der Waals surface area (Å²) in [6, 6.07) is 9.27. The van der Waals surface area contributed by atoms with Gasteiger partial charge in [-0.1, -0.05) is 0 Å². The minimum absolute atomic E-state index is 0.151. The molecule has 2 aromatic rings. The second kappa shape index (κ2) is 6.12. The Balaban J connectivity index is 2.20. The number of amides is 1. The smallest absolute Gasteiger partial charge is 0.255 e. The molecule has 0 fully saturated rings. The van der Waals surface area contributed by atoms with E-state index in [0.29, 0.717) is 17.8 Å². The van der Waals surface area contributed by atoms with Crippen LogP contribution in [0.5, 0.6) is 0 Å². The van der Waals surface area contributed by atoms with E-state index in [1.54, 1.807) is 18.3 Å². The van der Waals surface area contributed by atoms with Crippen LogP contribution in [0.1, 0.15) is 21.6 Å². The Hall–Kier alpha value is -1.47. The van der Waals surface area contributed by atoms with Gasteiger partial charge in [-0.2, -0.15) is 0 Å². The SMILES string of the molecule is Cc1cc(I)ccc1NC(=O)c1ccnc(CN)c1. The average molecular weight is 367 g/mol. The van der Waals surface area contributed by atoms with E-state index in [1.807, 2.05) is 25.1 Å². The summed E-state index contributed by atoms with van der Waals surface area (Å²) in [7, 11) is 0. The molecule has 0 aliphatic carbocycles. The van der Waals surface area contributed by atoms with Crippen molar-refractivity contribution in [3.63, 3.8) is 0 Å². The van der Waals surface area contributed by atoms with Gasteiger partial charge in [0, 0.05) is 27.6 Å². The molecule has 1 heterocycles. The second-order valence-corrected chi connectivity index (χ2v) is 5.40. The van der Waals surface area contributed by atoms with Crippen LogP contribution in [0, 0.1) is 10.5 Å². The van der Waals surface area contributed by atoms with E-state index in [0.717, 1.165) is 14.8 Å². The molecule has 0 aliphatic rings. The van der Waals surface area contributed by atoms with Crippen LogP contribution in [0.25, 0.3) is 0 Å². The summed E-state index contributed by atoms with van der Waals surface area (Å²) < 4.78 is 1.14. The predicted molar refractivity (Wildman–Crippen MR) is 84.0 cm³/mol. The van der Waals surface area contributed by atoms with Crippen molar-refractivity contribution in [2.24, 2.45) is 5.73 Å². The van der Waals surface area contributed by atoms with Gasteiger partial charge in [-0.15, -0.1) is 0 Å². The van der Waals surface area contributed by atoms with Crippen LogP contribution in [-0.2, 0) is 6.54 Å². The lowest BCUT2D eigenvalue weighted by Gasteiger charge is -2.09. The normalized spacial score (nSPS) is 10.3. The Kier molecular flexibility index (Phi) is 4.49. The van der Waals surface area contributed by atoms with Crippen molar-refractivity contribution in [2.45, 2.75) is 13.5 Å². The molecular weight excluding hydrogens is 353 g/mol. The number of aromatic nitrogens is 1. The van der Waals surface area contributed by atoms with E-state index in [4.69, 9.17) is 5.73 Å². The van der Waals surface area contributed by atoms with Crippen LogP contribution in [-0.4, -0.2) is 10.9 Å². The van der Waals surface area contributed by atoms with Crippen molar-refractivity contribution in [1.82, 2.24) is 4.98 Å². The predicted octanol–water partition coefficient (Wildman–Crippen LogP) is 2.71. The fourth-order valence-electron chi connectivity index (χ4n) is 1.69. The summed E-state index contributed by atoms with van der Waals surface area (Å²) in [5, 5.41) is 2.89. The molecule has 5 heteroatoms. The highest BCUT2D eigenvalue weighted by atomic mass is 127. The molecule has 0 aliphatic heterocycles.